The van der Waals surface area contributed by atoms with Gasteiger partial charge >= 0.3 is 0 Å². The Balaban J connectivity index is 1.79. The van der Waals surface area contributed by atoms with Gasteiger partial charge in [0.2, 0.25) is 0 Å². The number of anilines is 1. The number of nitrogens with zero attached hydrogens (tertiary/aromatic N) is 2. The Morgan fingerprint density at radius 2 is 2.20 bits per heavy atom. The molecule has 2 aliphatic rings. The summed E-state index contributed by atoms with van der Waals surface area (Å²) in [5, 5.41) is 3.15. The first-order chi connectivity index (χ1) is 7.34. The van der Waals surface area contributed by atoms with Crippen LogP contribution in [0.1, 0.15) is 31.7 Å². The zero-order chi connectivity index (χ0) is 10.3. The summed E-state index contributed by atoms with van der Waals surface area (Å²) in [5.74, 6) is 1.29. The molecule has 2 saturated carbocycles. The summed E-state index contributed by atoms with van der Waals surface area (Å²) in [7, 11) is 0. The van der Waals surface area contributed by atoms with E-state index in [0.717, 1.165) is 25.3 Å². The van der Waals surface area contributed by atoms with E-state index in [9.17, 15) is 4.79 Å². The minimum Gasteiger partial charge on any atom is -0.365 e. The van der Waals surface area contributed by atoms with Crippen LogP contribution in [0.4, 0.5) is 5.82 Å². The standard InChI is InChI=1S/C11H15N3O/c15-11-10(13-7-8-1-2-8)12-5-6-14(11)9-3-4-9/h5-6,8-9H,1-4,7H2,(H,12,13). The minimum atomic E-state index is 0.0423. The Kier molecular flexibility index (Phi) is 2.01. The first kappa shape index (κ1) is 8.95. The third-order valence-corrected chi connectivity index (χ3v) is 3.06. The molecule has 1 aromatic rings. The van der Waals surface area contributed by atoms with E-state index in [-0.39, 0.29) is 5.56 Å². The van der Waals surface area contributed by atoms with Crippen molar-refractivity contribution < 1.29 is 0 Å². The average molecular weight is 205 g/mol. The molecule has 1 aromatic heterocycles. The number of hydrogen-bond acceptors (Lipinski definition) is 3. The van der Waals surface area contributed by atoms with E-state index in [2.05, 4.69) is 10.3 Å². The van der Waals surface area contributed by atoms with Gasteiger partial charge in [-0.15, -0.1) is 0 Å². The zero-order valence-electron chi connectivity index (χ0n) is 8.65. The van der Waals surface area contributed by atoms with Gasteiger partial charge in [-0.2, -0.15) is 0 Å². The van der Waals surface area contributed by atoms with Gasteiger partial charge in [0.1, 0.15) is 0 Å². The van der Waals surface area contributed by atoms with Crippen molar-refractivity contribution >= 4 is 5.82 Å². The molecule has 0 radical (unpaired) electrons. The molecular weight excluding hydrogens is 190 g/mol. The lowest BCUT2D eigenvalue weighted by atomic mass is 10.4. The van der Waals surface area contributed by atoms with Crippen molar-refractivity contribution in [1.29, 1.82) is 0 Å². The van der Waals surface area contributed by atoms with Gasteiger partial charge in [0.05, 0.1) is 0 Å². The van der Waals surface area contributed by atoms with Crippen molar-refractivity contribution in [2.45, 2.75) is 31.7 Å². The summed E-state index contributed by atoms with van der Waals surface area (Å²) in [6.07, 6.45) is 8.35. The van der Waals surface area contributed by atoms with Gasteiger partial charge in [-0.05, 0) is 31.6 Å². The normalized spacial score (nSPS) is 20.3. The molecule has 0 bridgehead atoms. The van der Waals surface area contributed by atoms with Crippen LogP contribution >= 0.6 is 0 Å². The van der Waals surface area contributed by atoms with Gasteiger partial charge < -0.3 is 9.88 Å². The van der Waals surface area contributed by atoms with Gasteiger partial charge in [-0.25, -0.2) is 4.98 Å². The maximum absolute atomic E-state index is 11.9. The van der Waals surface area contributed by atoms with Gasteiger partial charge in [0.15, 0.2) is 5.82 Å². The van der Waals surface area contributed by atoms with Crippen LogP contribution < -0.4 is 10.9 Å². The Morgan fingerprint density at radius 3 is 2.87 bits per heavy atom. The van der Waals surface area contributed by atoms with E-state index in [1.807, 2.05) is 4.57 Å². The van der Waals surface area contributed by atoms with Crippen LogP contribution in [0, 0.1) is 5.92 Å². The Labute approximate surface area is 88.3 Å². The van der Waals surface area contributed by atoms with Gasteiger partial charge in [-0.3, -0.25) is 4.79 Å². The highest BCUT2D eigenvalue weighted by molar-refractivity contribution is 5.31. The topological polar surface area (TPSA) is 46.9 Å². The van der Waals surface area contributed by atoms with Crippen LogP contribution in [0.15, 0.2) is 17.2 Å². The third-order valence-electron chi connectivity index (χ3n) is 3.06. The fraction of sp³-hybridized carbons (Fsp3) is 0.636. The molecule has 0 atom stereocenters. The molecule has 2 fully saturated rings. The van der Waals surface area contributed by atoms with E-state index in [4.69, 9.17) is 0 Å². The summed E-state index contributed by atoms with van der Waals surface area (Å²) >= 11 is 0. The number of rotatable bonds is 4. The summed E-state index contributed by atoms with van der Waals surface area (Å²) < 4.78 is 1.81. The van der Waals surface area contributed by atoms with Crippen LogP contribution in [0.5, 0.6) is 0 Å². The van der Waals surface area contributed by atoms with Crippen molar-refractivity contribution in [3.05, 3.63) is 22.7 Å². The molecule has 0 aromatic carbocycles. The fourth-order valence-corrected chi connectivity index (χ4v) is 1.75. The molecule has 0 saturated heterocycles. The van der Waals surface area contributed by atoms with Gasteiger partial charge in [0.25, 0.3) is 5.56 Å². The van der Waals surface area contributed by atoms with Crippen LogP contribution in [0.2, 0.25) is 0 Å². The summed E-state index contributed by atoms with van der Waals surface area (Å²) in [4.78, 5) is 16.0. The zero-order valence-corrected chi connectivity index (χ0v) is 8.65. The van der Waals surface area contributed by atoms with Crippen molar-refractivity contribution in [3.63, 3.8) is 0 Å². The molecule has 80 valence electrons. The molecule has 0 unspecified atom stereocenters. The van der Waals surface area contributed by atoms with Crippen LogP contribution in [-0.4, -0.2) is 16.1 Å². The van der Waals surface area contributed by atoms with Crippen LogP contribution in [0.25, 0.3) is 0 Å². The number of hydrogen-bond donors (Lipinski definition) is 1. The minimum absolute atomic E-state index is 0.0423. The quantitative estimate of drug-likeness (QED) is 0.808. The molecule has 0 spiro atoms. The van der Waals surface area contributed by atoms with E-state index in [0.29, 0.717) is 11.9 Å². The second-order valence-electron chi connectivity index (χ2n) is 4.54. The maximum atomic E-state index is 11.9. The Hall–Kier alpha value is -1.32. The van der Waals surface area contributed by atoms with Crippen molar-refractivity contribution in [2.24, 2.45) is 5.92 Å². The Morgan fingerprint density at radius 1 is 1.40 bits per heavy atom. The lowest BCUT2D eigenvalue weighted by Crippen LogP contribution is -2.24. The maximum Gasteiger partial charge on any atom is 0.293 e. The first-order valence-corrected chi connectivity index (χ1v) is 5.65. The molecule has 4 heteroatoms. The number of aromatic nitrogens is 2. The predicted octanol–water partition coefficient (Wildman–Crippen LogP) is 1.40. The highest BCUT2D eigenvalue weighted by Crippen LogP contribution is 2.33. The summed E-state index contributed by atoms with van der Waals surface area (Å²) in [5.41, 5.74) is 0.0423. The van der Waals surface area contributed by atoms with Gasteiger partial charge in [-0.1, -0.05) is 0 Å². The average Bonchev–Trinajstić information content (AvgIpc) is 3.10. The second-order valence-corrected chi connectivity index (χ2v) is 4.54. The summed E-state index contributed by atoms with van der Waals surface area (Å²) in [6, 6.07) is 0.432. The molecule has 15 heavy (non-hydrogen) atoms. The highest BCUT2D eigenvalue weighted by Gasteiger charge is 2.26. The van der Waals surface area contributed by atoms with Crippen molar-refractivity contribution in [3.8, 4) is 0 Å². The molecule has 2 aliphatic carbocycles. The predicted molar refractivity (Wildman–Crippen MR) is 58.0 cm³/mol. The summed E-state index contributed by atoms with van der Waals surface area (Å²) in [6.45, 7) is 0.900. The molecule has 3 rings (SSSR count). The monoisotopic (exact) mass is 205 g/mol. The fourth-order valence-electron chi connectivity index (χ4n) is 1.75. The molecule has 1 N–H and O–H groups in total. The second kappa shape index (κ2) is 3.36. The third kappa shape index (κ3) is 1.89. The van der Waals surface area contributed by atoms with Crippen molar-refractivity contribution in [2.75, 3.05) is 11.9 Å². The molecule has 4 nitrogen and oxygen atoms in total. The molecule has 0 amide bonds. The molecule has 1 heterocycles. The molecular formula is C11H15N3O. The lowest BCUT2D eigenvalue weighted by Gasteiger charge is -2.07. The van der Waals surface area contributed by atoms with E-state index in [1.54, 1.807) is 12.4 Å². The first-order valence-electron chi connectivity index (χ1n) is 5.65. The van der Waals surface area contributed by atoms with E-state index in [1.165, 1.54) is 12.8 Å². The van der Waals surface area contributed by atoms with Crippen LogP contribution in [-0.2, 0) is 0 Å². The Bertz CT molecular complexity index is 418. The largest absolute Gasteiger partial charge is 0.365 e. The SMILES string of the molecule is O=c1c(NCC2CC2)nccn1C1CC1. The smallest absolute Gasteiger partial charge is 0.293 e. The lowest BCUT2D eigenvalue weighted by molar-refractivity contribution is 0.698. The number of nitrogens with one attached hydrogen (secondary N) is 1. The van der Waals surface area contributed by atoms with Crippen LogP contribution in [0.3, 0.4) is 0 Å². The van der Waals surface area contributed by atoms with E-state index < -0.39 is 0 Å². The van der Waals surface area contributed by atoms with Gasteiger partial charge in [0, 0.05) is 25.0 Å². The molecule has 0 aliphatic heterocycles. The highest BCUT2D eigenvalue weighted by atomic mass is 16.1. The van der Waals surface area contributed by atoms with E-state index >= 15 is 0 Å². The van der Waals surface area contributed by atoms with Crippen molar-refractivity contribution in [1.82, 2.24) is 9.55 Å².